The molecule has 0 atom stereocenters. The van der Waals surface area contributed by atoms with Crippen LogP contribution in [0.3, 0.4) is 0 Å². The van der Waals surface area contributed by atoms with Crippen molar-refractivity contribution in [1.29, 1.82) is 0 Å². The fourth-order valence-electron chi connectivity index (χ4n) is 1.09. The van der Waals surface area contributed by atoms with Crippen molar-refractivity contribution in [3.63, 3.8) is 0 Å². The molecule has 1 aromatic rings. The molecule has 6 heteroatoms. The average Bonchev–Trinajstić information content (AvgIpc) is 2.19. The number of hydrogen-bond acceptors (Lipinski definition) is 5. The van der Waals surface area contributed by atoms with E-state index in [0.29, 0.717) is 19.0 Å². The van der Waals surface area contributed by atoms with E-state index in [1.807, 2.05) is 4.90 Å². The van der Waals surface area contributed by atoms with E-state index in [1.54, 1.807) is 12.4 Å². The molecule has 0 saturated carbocycles. The molecule has 1 aromatic heterocycles. The largest absolute Gasteiger partial charge is 0.338 e. The van der Waals surface area contributed by atoms with Crippen LogP contribution in [-0.2, 0) is 0 Å². The quantitative estimate of drug-likeness (QED) is 0.776. The van der Waals surface area contributed by atoms with Crippen molar-refractivity contribution in [2.45, 2.75) is 0 Å². The van der Waals surface area contributed by atoms with Gasteiger partial charge in [-0.15, -0.1) is 0 Å². The van der Waals surface area contributed by atoms with Crippen LogP contribution in [0.15, 0.2) is 16.9 Å². The molecule has 4 N–H and O–H groups in total. The predicted octanol–water partition coefficient (Wildman–Crippen LogP) is -0.0371. The maximum atomic E-state index is 5.48. The van der Waals surface area contributed by atoms with Crippen molar-refractivity contribution in [2.24, 2.45) is 11.5 Å². The van der Waals surface area contributed by atoms with E-state index in [9.17, 15) is 0 Å². The molecule has 0 saturated heterocycles. The number of halogens is 1. The van der Waals surface area contributed by atoms with Crippen LogP contribution in [0.1, 0.15) is 0 Å². The molecule has 0 unspecified atom stereocenters. The maximum absolute atomic E-state index is 5.48. The average molecular weight is 260 g/mol. The van der Waals surface area contributed by atoms with E-state index >= 15 is 0 Å². The van der Waals surface area contributed by atoms with Crippen molar-refractivity contribution < 1.29 is 0 Å². The van der Waals surface area contributed by atoms with Crippen molar-refractivity contribution in [3.05, 3.63) is 16.9 Å². The molecular formula is C8H14BrN5. The summed E-state index contributed by atoms with van der Waals surface area (Å²) in [5.74, 6) is 0.670. The molecule has 0 fully saturated rings. The van der Waals surface area contributed by atoms with E-state index in [-0.39, 0.29) is 0 Å². The van der Waals surface area contributed by atoms with Gasteiger partial charge in [-0.3, -0.25) is 0 Å². The minimum absolute atomic E-state index is 0.569. The Bertz CT molecular complexity index is 257. The number of aromatic nitrogens is 2. The number of hydrogen-bond donors (Lipinski definition) is 2. The third-order valence-electron chi connectivity index (χ3n) is 1.69. The lowest BCUT2D eigenvalue weighted by Gasteiger charge is -2.20. The van der Waals surface area contributed by atoms with Crippen LogP contribution >= 0.6 is 15.9 Å². The molecule has 0 aromatic carbocycles. The van der Waals surface area contributed by atoms with E-state index in [1.165, 1.54) is 0 Å². The molecule has 0 aliphatic carbocycles. The van der Waals surface area contributed by atoms with Crippen LogP contribution in [-0.4, -0.2) is 36.1 Å². The SMILES string of the molecule is NCCN(CCN)c1ncc(Br)cn1. The Morgan fingerprint density at radius 2 is 1.64 bits per heavy atom. The van der Waals surface area contributed by atoms with Crippen LogP contribution in [0.5, 0.6) is 0 Å². The summed E-state index contributed by atoms with van der Waals surface area (Å²) in [5, 5.41) is 0. The molecule has 78 valence electrons. The van der Waals surface area contributed by atoms with Crippen molar-refractivity contribution in [3.8, 4) is 0 Å². The second kappa shape index (κ2) is 5.90. The zero-order chi connectivity index (χ0) is 10.4. The molecule has 0 amide bonds. The minimum atomic E-state index is 0.569. The number of nitrogens with two attached hydrogens (primary N) is 2. The first kappa shape index (κ1) is 11.4. The van der Waals surface area contributed by atoms with Gasteiger partial charge < -0.3 is 16.4 Å². The molecule has 0 bridgehead atoms. The first-order valence-corrected chi connectivity index (χ1v) is 5.20. The fraction of sp³-hybridized carbons (Fsp3) is 0.500. The third kappa shape index (κ3) is 3.21. The van der Waals surface area contributed by atoms with E-state index in [2.05, 4.69) is 25.9 Å². The number of nitrogens with zero attached hydrogens (tertiary/aromatic N) is 3. The standard InChI is InChI=1S/C8H14BrN5/c9-7-5-12-8(13-6-7)14(3-1-10)4-2-11/h5-6H,1-4,10-11H2. The highest BCUT2D eigenvalue weighted by atomic mass is 79.9. The van der Waals surface area contributed by atoms with Gasteiger partial charge in [-0.05, 0) is 15.9 Å². The van der Waals surface area contributed by atoms with Gasteiger partial charge in [0.2, 0.25) is 5.95 Å². The van der Waals surface area contributed by atoms with Crippen molar-refractivity contribution in [2.75, 3.05) is 31.1 Å². The Labute approximate surface area is 91.6 Å². The monoisotopic (exact) mass is 259 g/mol. The molecule has 0 aliphatic heterocycles. The van der Waals surface area contributed by atoms with Gasteiger partial charge in [0.05, 0.1) is 4.47 Å². The topological polar surface area (TPSA) is 81.1 Å². The van der Waals surface area contributed by atoms with Gasteiger partial charge >= 0.3 is 0 Å². The zero-order valence-electron chi connectivity index (χ0n) is 7.86. The lowest BCUT2D eigenvalue weighted by atomic mass is 10.5. The zero-order valence-corrected chi connectivity index (χ0v) is 9.44. The Balaban J connectivity index is 2.71. The summed E-state index contributed by atoms with van der Waals surface area (Å²) >= 11 is 3.28. The molecule has 14 heavy (non-hydrogen) atoms. The van der Waals surface area contributed by atoms with Gasteiger partial charge in [0.15, 0.2) is 0 Å². The molecule has 1 heterocycles. The van der Waals surface area contributed by atoms with E-state index < -0.39 is 0 Å². The Morgan fingerprint density at radius 3 is 2.07 bits per heavy atom. The van der Waals surface area contributed by atoms with Crippen LogP contribution in [0.4, 0.5) is 5.95 Å². The smallest absolute Gasteiger partial charge is 0.225 e. The summed E-state index contributed by atoms with van der Waals surface area (Å²) in [4.78, 5) is 10.3. The second-order valence-corrected chi connectivity index (χ2v) is 3.68. The molecule has 0 aliphatic rings. The molecule has 5 nitrogen and oxygen atoms in total. The minimum Gasteiger partial charge on any atom is -0.338 e. The summed E-state index contributed by atoms with van der Waals surface area (Å²) in [5.41, 5.74) is 11.0. The highest BCUT2D eigenvalue weighted by Crippen LogP contribution is 2.09. The van der Waals surface area contributed by atoms with Gasteiger partial charge in [-0.2, -0.15) is 0 Å². The van der Waals surface area contributed by atoms with Crippen LogP contribution < -0.4 is 16.4 Å². The van der Waals surface area contributed by atoms with Gasteiger partial charge in [-0.1, -0.05) is 0 Å². The highest BCUT2D eigenvalue weighted by molar-refractivity contribution is 9.10. The molecular weight excluding hydrogens is 246 g/mol. The Hall–Kier alpha value is -0.720. The molecule has 0 radical (unpaired) electrons. The number of rotatable bonds is 5. The van der Waals surface area contributed by atoms with Gasteiger partial charge in [0, 0.05) is 38.6 Å². The Kier molecular flexibility index (Phi) is 4.78. The lowest BCUT2D eigenvalue weighted by Crippen LogP contribution is -2.35. The first-order valence-electron chi connectivity index (χ1n) is 4.40. The fourth-order valence-corrected chi connectivity index (χ4v) is 1.30. The van der Waals surface area contributed by atoms with Crippen LogP contribution in [0.2, 0.25) is 0 Å². The summed E-state index contributed by atoms with van der Waals surface area (Å²) < 4.78 is 0.863. The molecule has 1 rings (SSSR count). The van der Waals surface area contributed by atoms with Gasteiger partial charge in [0.1, 0.15) is 0 Å². The summed E-state index contributed by atoms with van der Waals surface area (Å²) in [6.45, 7) is 2.58. The predicted molar refractivity (Wildman–Crippen MR) is 60.1 cm³/mol. The van der Waals surface area contributed by atoms with Gasteiger partial charge in [-0.25, -0.2) is 9.97 Å². The maximum Gasteiger partial charge on any atom is 0.225 e. The highest BCUT2D eigenvalue weighted by Gasteiger charge is 2.06. The van der Waals surface area contributed by atoms with E-state index in [4.69, 9.17) is 11.5 Å². The first-order chi connectivity index (χ1) is 6.77. The van der Waals surface area contributed by atoms with E-state index in [0.717, 1.165) is 17.6 Å². The third-order valence-corrected chi connectivity index (χ3v) is 2.10. The summed E-state index contributed by atoms with van der Waals surface area (Å²) in [6, 6.07) is 0. The number of anilines is 1. The summed E-state index contributed by atoms with van der Waals surface area (Å²) in [7, 11) is 0. The van der Waals surface area contributed by atoms with Gasteiger partial charge in [0.25, 0.3) is 0 Å². The summed E-state index contributed by atoms with van der Waals surface area (Å²) in [6.07, 6.45) is 3.42. The lowest BCUT2D eigenvalue weighted by molar-refractivity contribution is 0.753. The Morgan fingerprint density at radius 1 is 1.14 bits per heavy atom. The van der Waals surface area contributed by atoms with Crippen molar-refractivity contribution >= 4 is 21.9 Å². The second-order valence-electron chi connectivity index (χ2n) is 2.77. The normalized spacial score (nSPS) is 10.2. The van der Waals surface area contributed by atoms with Crippen molar-refractivity contribution in [1.82, 2.24) is 9.97 Å². The molecule has 0 spiro atoms. The van der Waals surface area contributed by atoms with Crippen LogP contribution in [0, 0.1) is 0 Å². The van der Waals surface area contributed by atoms with Crippen LogP contribution in [0.25, 0.3) is 0 Å².